The minimum atomic E-state index is -1.57. The van der Waals surface area contributed by atoms with E-state index in [-0.39, 0.29) is 29.8 Å². The second-order valence-corrected chi connectivity index (χ2v) is 17.2. The van der Waals surface area contributed by atoms with Gasteiger partial charge in [0.2, 0.25) is 5.91 Å². The summed E-state index contributed by atoms with van der Waals surface area (Å²) in [5.41, 5.74) is -1.30. The molecule has 306 valence electrons. The Morgan fingerprint density at radius 2 is 1.65 bits per heavy atom. The van der Waals surface area contributed by atoms with Crippen LogP contribution in [0.4, 0.5) is 0 Å². The number of aliphatic hydroxyl groups is 1. The Hall–Kier alpha value is -2.45. The zero-order valence-electron chi connectivity index (χ0n) is 35.0. The number of hydrogen-bond donors (Lipinski definition) is 1. The predicted molar refractivity (Wildman–Crippen MR) is 209 cm³/mol. The first kappa shape index (κ1) is 44.3. The van der Waals surface area contributed by atoms with Crippen molar-refractivity contribution in [1.29, 1.82) is 0 Å². The maximum Gasteiger partial charge on any atom is 0.319 e. The molecule has 3 saturated heterocycles. The number of cyclic esters (lactones) is 1. The van der Waals surface area contributed by atoms with Gasteiger partial charge in [0.05, 0.1) is 17.8 Å². The van der Waals surface area contributed by atoms with Crippen molar-refractivity contribution in [2.75, 3.05) is 67.0 Å². The largest absolute Gasteiger partial charge is 0.460 e. The third-order valence-corrected chi connectivity index (χ3v) is 12.1. The molecule has 3 aliphatic rings. The summed E-state index contributed by atoms with van der Waals surface area (Å²) in [5.74, 6) is -1.99. The average Bonchev–Trinajstić information content (AvgIpc) is 3.13. The quantitative estimate of drug-likeness (QED) is 0.277. The number of rotatable bonds is 10. The van der Waals surface area contributed by atoms with Crippen LogP contribution in [-0.4, -0.2) is 158 Å². The lowest BCUT2D eigenvalue weighted by Crippen LogP contribution is -2.60. The van der Waals surface area contributed by atoms with Crippen molar-refractivity contribution < 1.29 is 38.4 Å². The summed E-state index contributed by atoms with van der Waals surface area (Å²) >= 11 is 0. The average molecular weight is 759 g/mol. The van der Waals surface area contributed by atoms with Gasteiger partial charge in [0.15, 0.2) is 12.1 Å². The zero-order valence-corrected chi connectivity index (χ0v) is 35.0. The van der Waals surface area contributed by atoms with Gasteiger partial charge in [-0.1, -0.05) is 51.1 Å². The molecule has 0 spiro atoms. The number of aliphatic hydroxyl groups excluding tert-OH is 1. The highest BCUT2D eigenvalue weighted by atomic mass is 16.7. The Morgan fingerprint density at radius 3 is 2.24 bits per heavy atom. The Labute approximate surface area is 324 Å². The van der Waals surface area contributed by atoms with Gasteiger partial charge in [-0.15, -0.1) is 0 Å². The lowest BCUT2D eigenvalue weighted by molar-refractivity contribution is -0.295. The van der Waals surface area contributed by atoms with Gasteiger partial charge in [0.1, 0.15) is 23.7 Å². The highest BCUT2D eigenvalue weighted by molar-refractivity contribution is 6.04. The molecule has 12 nitrogen and oxygen atoms in total. The van der Waals surface area contributed by atoms with Gasteiger partial charge >= 0.3 is 5.97 Å². The van der Waals surface area contributed by atoms with Gasteiger partial charge < -0.3 is 33.9 Å². The van der Waals surface area contributed by atoms with Crippen molar-refractivity contribution in [3.63, 3.8) is 0 Å². The van der Waals surface area contributed by atoms with Crippen LogP contribution in [0.2, 0.25) is 0 Å². The summed E-state index contributed by atoms with van der Waals surface area (Å²) in [6.07, 6.45) is -1.03. The van der Waals surface area contributed by atoms with E-state index in [1.54, 1.807) is 34.8 Å². The third kappa shape index (κ3) is 10.5. The number of carbonyl (C=O) groups is 3. The summed E-state index contributed by atoms with van der Waals surface area (Å²) in [7, 11) is 5.44. The van der Waals surface area contributed by atoms with Crippen LogP contribution >= 0.6 is 0 Å². The molecular formula is C42H70N4O8. The summed E-state index contributed by atoms with van der Waals surface area (Å²) in [6.45, 7) is 19.6. The minimum Gasteiger partial charge on any atom is -0.460 e. The number of esters is 1. The van der Waals surface area contributed by atoms with Crippen molar-refractivity contribution >= 4 is 17.7 Å². The maximum absolute atomic E-state index is 14.6. The Morgan fingerprint density at radius 1 is 1.00 bits per heavy atom. The summed E-state index contributed by atoms with van der Waals surface area (Å²) in [4.78, 5) is 51.7. The number of methoxy groups -OCH3 is 1. The molecule has 1 aromatic carbocycles. The Balaban J connectivity index is 1.63. The van der Waals surface area contributed by atoms with Gasteiger partial charge in [-0.05, 0) is 92.4 Å². The fourth-order valence-corrected chi connectivity index (χ4v) is 8.85. The van der Waals surface area contributed by atoms with Gasteiger partial charge in [-0.3, -0.25) is 24.2 Å². The number of amides is 1. The topological polar surface area (TPSA) is 121 Å². The highest BCUT2D eigenvalue weighted by Crippen LogP contribution is 2.39. The number of hydrogen-bond acceptors (Lipinski definition) is 11. The van der Waals surface area contributed by atoms with Crippen LogP contribution in [0.15, 0.2) is 30.3 Å². The van der Waals surface area contributed by atoms with E-state index in [0.29, 0.717) is 39.0 Å². The van der Waals surface area contributed by atoms with E-state index in [2.05, 4.69) is 47.9 Å². The van der Waals surface area contributed by atoms with Crippen molar-refractivity contribution in [2.24, 2.45) is 17.3 Å². The number of benzene rings is 1. The van der Waals surface area contributed by atoms with E-state index in [1.807, 2.05) is 43.8 Å². The number of nitrogens with zero attached hydrogens (tertiary/aromatic N) is 4. The van der Waals surface area contributed by atoms with E-state index in [1.165, 1.54) is 5.56 Å². The van der Waals surface area contributed by atoms with Crippen LogP contribution in [0.3, 0.4) is 0 Å². The van der Waals surface area contributed by atoms with Crippen LogP contribution in [0.25, 0.3) is 0 Å². The minimum absolute atomic E-state index is 0.0256. The molecule has 1 amide bonds. The standard InChI is InChI=1S/C42H70N4O8/c1-12-19-46-27-28(2)26-42(8,51-11)37(54-39-35(47)33(43(9)10)25-29(3)52-39)30(4)36(48)41(6,7)40(50)53-31(5)34(46)38(49)45-23-21-44(22-24-45)20-18-32-16-14-13-15-17-32/h13-17,28-31,33-35,37,39,47H,12,18-27H2,1-11H3/t28-,29-,30+,31+,33+,34-,35-,37-,39+,42-/m1/s1. The highest BCUT2D eigenvalue weighted by Gasteiger charge is 2.52. The predicted octanol–water partition coefficient (Wildman–Crippen LogP) is 3.87. The molecule has 0 unspecified atom stereocenters. The molecule has 12 heteroatoms. The van der Waals surface area contributed by atoms with E-state index in [4.69, 9.17) is 18.9 Å². The van der Waals surface area contributed by atoms with Crippen molar-refractivity contribution in [3.05, 3.63) is 35.9 Å². The molecule has 54 heavy (non-hydrogen) atoms. The number of Topliss-reactive ketones (excluding diaryl/α,β-unsaturated/α-hetero) is 1. The molecule has 1 N–H and O–H groups in total. The second kappa shape index (κ2) is 19.1. The molecule has 3 heterocycles. The zero-order chi connectivity index (χ0) is 40.0. The first-order valence-corrected chi connectivity index (χ1v) is 20.2. The fraction of sp³-hybridized carbons (Fsp3) is 0.786. The number of ketones is 1. The smallest absolute Gasteiger partial charge is 0.319 e. The van der Waals surface area contributed by atoms with E-state index in [9.17, 15) is 19.5 Å². The number of ether oxygens (including phenoxy) is 4. The summed E-state index contributed by atoms with van der Waals surface area (Å²) < 4.78 is 25.4. The van der Waals surface area contributed by atoms with E-state index >= 15 is 0 Å². The normalized spacial score (nSPS) is 35.2. The third-order valence-electron chi connectivity index (χ3n) is 12.1. The van der Waals surface area contributed by atoms with Crippen LogP contribution in [0.5, 0.6) is 0 Å². The van der Waals surface area contributed by atoms with Crippen LogP contribution in [0, 0.1) is 17.3 Å². The molecule has 4 rings (SSSR count). The molecule has 10 atom stereocenters. The van der Waals surface area contributed by atoms with Crippen molar-refractivity contribution in [1.82, 2.24) is 19.6 Å². The van der Waals surface area contributed by atoms with Crippen molar-refractivity contribution in [2.45, 2.75) is 129 Å². The molecule has 0 radical (unpaired) electrons. The second-order valence-electron chi connectivity index (χ2n) is 17.2. The Bertz CT molecular complexity index is 1370. The monoisotopic (exact) mass is 759 g/mol. The molecule has 0 aliphatic carbocycles. The maximum atomic E-state index is 14.6. The van der Waals surface area contributed by atoms with Gasteiger partial charge in [0, 0.05) is 58.3 Å². The van der Waals surface area contributed by atoms with Crippen LogP contribution in [0.1, 0.15) is 80.2 Å². The number of likely N-dealkylation sites (N-methyl/N-ethyl adjacent to an activating group) is 1. The molecule has 0 aromatic heterocycles. The lowest BCUT2D eigenvalue weighted by Gasteiger charge is -2.47. The summed E-state index contributed by atoms with van der Waals surface area (Å²) in [5, 5.41) is 11.4. The van der Waals surface area contributed by atoms with Crippen molar-refractivity contribution in [3.8, 4) is 0 Å². The van der Waals surface area contributed by atoms with Crippen LogP contribution < -0.4 is 0 Å². The van der Waals surface area contributed by atoms with Gasteiger partial charge in [-0.2, -0.15) is 0 Å². The number of piperazine rings is 1. The fourth-order valence-electron chi connectivity index (χ4n) is 8.85. The van der Waals surface area contributed by atoms with E-state index in [0.717, 1.165) is 32.5 Å². The van der Waals surface area contributed by atoms with E-state index < -0.39 is 53.5 Å². The molecule has 0 saturated carbocycles. The number of carbonyl (C=O) groups excluding carboxylic acids is 3. The van der Waals surface area contributed by atoms with Gasteiger partial charge in [0.25, 0.3) is 0 Å². The molecular weight excluding hydrogens is 688 g/mol. The molecule has 1 aromatic rings. The molecule has 3 aliphatic heterocycles. The lowest BCUT2D eigenvalue weighted by atomic mass is 9.74. The first-order chi connectivity index (χ1) is 25.4. The molecule has 0 bridgehead atoms. The molecule has 3 fully saturated rings. The Kier molecular flexibility index (Phi) is 15.7. The SMILES string of the molecule is CCCN1C[C@H](C)C[C@@](C)(OC)[C@H](O[C@@H]2O[C@H](C)C[C@H](N(C)C)[C@H]2O)[C@@H](C)C(=O)C(C)(C)C(=O)O[C@@H](C)[C@@H]1C(=O)N1CCN(CCc2ccccc2)CC1. The first-order valence-electron chi connectivity index (χ1n) is 20.2. The summed E-state index contributed by atoms with van der Waals surface area (Å²) in [6, 6.07) is 9.50. The van der Waals surface area contributed by atoms with Gasteiger partial charge in [-0.25, -0.2) is 0 Å². The van der Waals surface area contributed by atoms with Crippen LogP contribution in [-0.2, 0) is 39.8 Å².